The average Bonchev–Trinajstić information content (AvgIpc) is 3.36. The Labute approximate surface area is 273 Å². The first-order chi connectivity index (χ1) is 22.0. The van der Waals surface area contributed by atoms with E-state index < -0.39 is 17.4 Å². The Balaban J connectivity index is 0.000000182. The van der Waals surface area contributed by atoms with E-state index >= 15 is 0 Å². The Kier molecular flexibility index (Phi) is 10.0. The van der Waals surface area contributed by atoms with Gasteiger partial charge in [0.2, 0.25) is 11.8 Å². The molecule has 0 spiro atoms. The zero-order valence-electron chi connectivity index (χ0n) is 27.2. The van der Waals surface area contributed by atoms with Crippen molar-refractivity contribution >= 4 is 40.0 Å². The van der Waals surface area contributed by atoms with E-state index in [2.05, 4.69) is 29.1 Å². The topological polar surface area (TPSA) is 142 Å². The van der Waals surface area contributed by atoms with Crippen molar-refractivity contribution in [3.63, 3.8) is 0 Å². The van der Waals surface area contributed by atoms with Crippen molar-refractivity contribution in [3.05, 3.63) is 57.2 Å². The fourth-order valence-electron chi connectivity index (χ4n) is 6.56. The smallest absolute Gasteiger partial charge is 0.330 e. The number of carboxylic acids is 1. The number of carbonyl (C=O) groups excluding carboxylic acids is 2. The number of nitrogens with zero attached hydrogens (tertiary/aromatic N) is 2. The Morgan fingerprint density at radius 1 is 1.15 bits per heavy atom. The maximum absolute atomic E-state index is 12.7. The first-order valence-corrected chi connectivity index (χ1v) is 17.0. The number of aromatic nitrogens is 2. The summed E-state index contributed by atoms with van der Waals surface area (Å²) in [5.41, 5.74) is 2.37. The number of methoxy groups -OCH3 is 1. The van der Waals surface area contributed by atoms with Gasteiger partial charge in [-0.25, -0.2) is 9.78 Å². The van der Waals surface area contributed by atoms with Gasteiger partial charge in [-0.2, -0.15) is 0 Å². The molecule has 2 saturated carbocycles. The van der Waals surface area contributed by atoms with Gasteiger partial charge < -0.3 is 25.0 Å². The number of aromatic amines is 1. The number of H-pyrrole nitrogens is 1. The summed E-state index contributed by atoms with van der Waals surface area (Å²) in [7, 11) is 3.43. The van der Waals surface area contributed by atoms with Gasteiger partial charge in [-0.05, 0) is 63.5 Å². The Morgan fingerprint density at radius 2 is 1.91 bits per heavy atom. The fraction of sp³-hybridized carbons (Fsp3) is 0.514. The largest absolute Gasteiger partial charge is 0.496 e. The predicted molar refractivity (Wildman–Crippen MR) is 179 cm³/mol. The zero-order chi connectivity index (χ0) is 33.2. The second-order valence-electron chi connectivity index (χ2n) is 13.0. The van der Waals surface area contributed by atoms with E-state index in [9.17, 15) is 24.3 Å². The molecular formula is C35H44N4O6S. The number of nitrogens with one attached hydrogen (secondary N) is 2. The molecule has 2 fully saturated rings. The molecule has 10 nitrogen and oxygen atoms in total. The molecule has 246 valence electrons. The quantitative estimate of drug-likeness (QED) is 0.310. The molecule has 46 heavy (non-hydrogen) atoms. The summed E-state index contributed by atoms with van der Waals surface area (Å²) >= 11 is 1.55. The van der Waals surface area contributed by atoms with Crippen LogP contribution in [0.2, 0.25) is 0 Å². The highest BCUT2D eigenvalue weighted by molar-refractivity contribution is 7.13. The molecule has 0 saturated heterocycles. The van der Waals surface area contributed by atoms with Gasteiger partial charge >= 0.3 is 5.97 Å². The minimum absolute atomic E-state index is 0.00389. The molecule has 2 amide bonds. The highest BCUT2D eigenvalue weighted by Gasteiger charge is 2.61. The lowest BCUT2D eigenvalue weighted by Gasteiger charge is -2.26. The van der Waals surface area contributed by atoms with Crippen molar-refractivity contribution in [1.82, 2.24) is 20.2 Å². The number of benzene rings is 1. The van der Waals surface area contributed by atoms with E-state index in [1.165, 1.54) is 0 Å². The molecule has 1 aromatic carbocycles. The number of ether oxygens (including phenoxy) is 1. The van der Waals surface area contributed by atoms with E-state index in [0.717, 1.165) is 58.9 Å². The van der Waals surface area contributed by atoms with Gasteiger partial charge in [-0.3, -0.25) is 14.4 Å². The second-order valence-corrected chi connectivity index (χ2v) is 13.9. The third kappa shape index (κ3) is 6.74. The summed E-state index contributed by atoms with van der Waals surface area (Å²) in [5, 5.41) is 15.9. The first-order valence-electron chi connectivity index (χ1n) is 16.1. The lowest BCUT2D eigenvalue weighted by Crippen LogP contribution is -2.49. The van der Waals surface area contributed by atoms with Crippen molar-refractivity contribution in [2.45, 2.75) is 77.2 Å². The highest BCUT2D eigenvalue weighted by Crippen LogP contribution is 2.46. The molecule has 3 aliphatic rings. The average molecular weight is 649 g/mol. The van der Waals surface area contributed by atoms with Gasteiger partial charge in [0.25, 0.3) is 0 Å². The molecule has 0 radical (unpaired) electrons. The van der Waals surface area contributed by atoms with Gasteiger partial charge in [0.15, 0.2) is 5.43 Å². The molecule has 2 aliphatic carbocycles. The summed E-state index contributed by atoms with van der Waals surface area (Å²) in [6, 6.07) is 5.25. The number of hydrogen-bond acceptors (Lipinski definition) is 7. The maximum atomic E-state index is 12.7. The number of thiazole rings is 1. The van der Waals surface area contributed by atoms with Gasteiger partial charge in [0, 0.05) is 53.7 Å². The van der Waals surface area contributed by atoms with Gasteiger partial charge in [-0.15, -0.1) is 11.3 Å². The van der Waals surface area contributed by atoms with Crippen LogP contribution in [-0.2, 0) is 14.4 Å². The van der Waals surface area contributed by atoms with Crippen LogP contribution in [0.5, 0.6) is 5.75 Å². The summed E-state index contributed by atoms with van der Waals surface area (Å²) < 4.78 is 5.34. The van der Waals surface area contributed by atoms with Gasteiger partial charge in [-0.1, -0.05) is 32.4 Å². The zero-order valence-corrected chi connectivity index (χ0v) is 28.0. The second kappa shape index (κ2) is 13.8. The minimum atomic E-state index is -1.17. The number of pyridine rings is 1. The number of carboxylic acid groups (broad SMARTS) is 1. The van der Waals surface area contributed by atoms with Crippen molar-refractivity contribution in [1.29, 1.82) is 0 Å². The van der Waals surface area contributed by atoms with Crippen LogP contribution in [0.15, 0.2) is 40.5 Å². The lowest BCUT2D eigenvalue weighted by molar-refractivity contribution is -0.145. The van der Waals surface area contributed by atoms with Crippen LogP contribution in [-0.4, -0.2) is 64.0 Å². The number of carbonyl (C=O) groups is 3. The van der Waals surface area contributed by atoms with Crippen LogP contribution in [0.25, 0.3) is 21.6 Å². The Bertz CT molecular complexity index is 1710. The molecule has 2 unspecified atom stereocenters. The summed E-state index contributed by atoms with van der Waals surface area (Å²) in [5.74, 6) is -0.926. The molecular weight excluding hydrogens is 604 g/mol. The number of rotatable bonds is 4. The molecule has 3 aromatic rings. The highest BCUT2D eigenvalue weighted by atomic mass is 32.1. The van der Waals surface area contributed by atoms with E-state index in [4.69, 9.17) is 4.74 Å². The predicted octanol–water partition coefficient (Wildman–Crippen LogP) is 5.65. The Morgan fingerprint density at radius 3 is 2.61 bits per heavy atom. The molecule has 2 aromatic heterocycles. The number of aryl methyl sites for hydroxylation is 1. The molecule has 6 rings (SSSR count). The molecule has 3 N–H and O–H groups in total. The number of hydrogen-bond donors (Lipinski definition) is 3. The number of aliphatic carboxylic acids is 1. The van der Waals surface area contributed by atoms with E-state index in [1.54, 1.807) is 42.5 Å². The van der Waals surface area contributed by atoms with E-state index in [0.29, 0.717) is 37.1 Å². The molecule has 3 heterocycles. The molecule has 1 aliphatic heterocycles. The van der Waals surface area contributed by atoms with Gasteiger partial charge in [0.1, 0.15) is 16.3 Å². The van der Waals surface area contributed by atoms with Crippen LogP contribution < -0.4 is 15.5 Å². The molecule has 11 heteroatoms. The van der Waals surface area contributed by atoms with Crippen LogP contribution in [0.3, 0.4) is 0 Å². The maximum Gasteiger partial charge on any atom is 0.330 e. The van der Waals surface area contributed by atoms with Crippen LogP contribution >= 0.6 is 11.3 Å². The summed E-state index contributed by atoms with van der Waals surface area (Å²) in [4.78, 5) is 59.1. The normalized spacial score (nSPS) is 25.5. The van der Waals surface area contributed by atoms with Crippen molar-refractivity contribution < 1.29 is 24.2 Å². The molecule has 4 atom stereocenters. The first kappa shape index (κ1) is 33.4. The summed E-state index contributed by atoms with van der Waals surface area (Å²) in [6.07, 6.45) is 9.35. The number of fused-ring (bicyclic) bond motifs is 3. The Hall–Kier alpha value is -3.99. The van der Waals surface area contributed by atoms with Crippen molar-refractivity contribution in [2.24, 2.45) is 17.8 Å². The van der Waals surface area contributed by atoms with Crippen LogP contribution in [0.4, 0.5) is 0 Å². The monoisotopic (exact) mass is 648 g/mol. The lowest BCUT2D eigenvalue weighted by atomic mass is 9.93. The number of amides is 2. The van der Waals surface area contributed by atoms with E-state index in [-0.39, 0.29) is 29.1 Å². The summed E-state index contributed by atoms with van der Waals surface area (Å²) in [6.45, 7) is 6.87. The molecule has 0 bridgehead atoms. The minimum Gasteiger partial charge on any atom is -0.496 e. The van der Waals surface area contributed by atoms with Crippen LogP contribution in [0.1, 0.15) is 76.0 Å². The number of allylic oxidation sites excluding steroid dienone is 1. The van der Waals surface area contributed by atoms with Crippen molar-refractivity contribution in [2.75, 3.05) is 20.7 Å². The van der Waals surface area contributed by atoms with Crippen molar-refractivity contribution in [3.8, 4) is 16.5 Å². The standard InChI is InChI=1S/C18H26N2O4.C17H18N2O2S/c1-20-10-5-3-2-4-7-12-11-18(12,17(23)24)19-15(21)13-8-6-9-14(13)16(20)22;1-9(2)13-8-22-17(19-13)12-7-14(20)11-5-6-15(21-4)10(3)16(11)18-12/h4,7,12-14H,2-3,5-6,8-11H2,1H3,(H,19,21)(H,23,24);5-9H,1-4H3,(H,18,20)/b7-4-;/t12?,13-,14?,18-;/m1./s1. The van der Waals surface area contributed by atoms with Gasteiger partial charge in [0.05, 0.1) is 24.0 Å². The van der Waals surface area contributed by atoms with Crippen LogP contribution in [0, 0.1) is 24.7 Å². The SMILES string of the molecule is CN1CCCC/C=C\C2C[C@@]2(C(=O)O)NC(=O)[C@@H]2CCCC2C1=O.COc1ccc2c(=O)cc(-c3nc(C(C)C)cs3)[nH]c2c1C. The van der Waals surface area contributed by atoms with E-state index in [1.807, 2.05) is 30.5 Å². The third-order valence-electron chi connectivity index (χ3n) is 9.55. The third-order valence-corrected chi connectivity index (χ3v) is 10.4. The fourth-order valence-corrected chi connectivity index (χ4v) is 7.51.